The Morgan fingerprint density at radius 1 is 1.38 bits per heavy atom. The second-order valence-electron chi connectivity index (χ2n) is 3.07. The molecule has 1 aromatic carbocycles. The van der Waals surface area contributed by atoms with Gasteiger partial charge in [0.05, 0.1) is 0 Å². The SMILES string of the molecule is Cl.N[C@@H](CCO)c1cccc(OC(F)F)c1. The van der Waals surface area contributed by atoms with E-state index in [-0.39, 0.29) is 30.8 Å². The van der Waals surface area contributed by atoms with Crippen molar-refractivity contribution in [3.8, 4) is 5.75 Å². The topological polar surface area (TPSA) is 55.5 Å². The molecule has 6 heteroatoms. The molecule has 0 aromatic heterocycles. The van der Waals surface area contributed by atoms with Crippen LogP contribution in [0, 0.1) is 0 Å². The van der Waals surface area contributed by atoms with Crippen LogP contribution >= 0.6 is 12.4 Å². The second kappa shape index (κ2) is 7.38. The number of nitrogens with two attached hydrogens (primary N) is 1. The monoisotopic (exact) mass is 253 g/mol. The zero-order valence-electron chi connectivity index (χ0n) is 8.48. The molecule has 0 saturated heterocycles. The molecule has 0 saturated carbocycles. The van der Waals surface area contributed by atoms with Gasteiger partial charge in [0.25, 0.3) is 0 Å². The molecule has 0 aliphatic heterocycles. The van der Waals surface area contributed by atoms with E-state index in [4.69, 9.17) is 10.8 Å². The second-order valence-corrected chi connectivity index (χ2v) is 3.07. The van der Waals surface area contributed by atoms with E-state index in [0.717, 1.165) is 0 Å². The van der Waals surface area contributed by atoms with Crippen molar-refractivity contribution in [3.63, 3.8) is 0 Å². The van der Waals surface area contributed by atoms with E-state index < -0.39 is 6.61 Å². The van der Waals surface area contributed by atoms with E-state index in [2.05, 4.69) is 4.74 Å². The molecule has 0 bridgehead atoms. The highest BCUT2D eigenvalue weighted by atomic mass is 35.5. The molecule has 1 rings (SSSR count). The quantitative estimate of drug-likeness (QED) is 0.845. The van der Waals surface area contributed by atoms with Crippen LogP contribution in [-0.2, 0) is 0 Å². The van der Waals surface area contributed by atoms with Crippen LogP contribution in [0.3, 0.4) is 0 Å². The fourth-order valence-corrected chi connectivity index (χ4v) is 1.23. The van der Waals surface area contributed by atoms with Crippen molar-refractivity contribution in [2.24, 2.45) is 5.73 Å². The Labute approximate surface area is 98.6 Å². The summed E-state index contributed by atoms with van der Waals surface area (Å²) in [6, 6.07) is 5.81. The predicted octanol–water partition coefficient (Wildman–Crippen LogP) is 2.09. The van der Waals surface area contributed by atoms with Crippen molar-refractivity contribution >= 4 is 12.4 Å². The third-order valence-corrected chi connectivity index (χ3v) is 1.95. The van der Waals surface area contributed by atoms with Crippen molar-refractivity contribution in [3.05, 3.63) is 29.8 Å². The Morgan fingerprint density at radius 3 is 2.62 bits per heavy atom. The summed E-state index contributed by atoms with van der Waals surface area (Å²) >= 11 is 0. The van der Waals surface area contributed by atoms with Gasteiger partial charge in [-0.25, -0.2) is 0 Å². The molecule has 3 nitrogen and oxygen atoms in total. The number of alkyl halides is 2. The number of hydrogen-bond donors (Lipinski definition) is 2. The summed E-state index contributed by atoms with van der Waals surface area (Å²) in [5.74, 6) is 0.0795. The number of aliphatic hydroxyl groups excluding tert-OH is 1. The van der Waals surface area contributed by atoms with Crippen LogP contribution in [0.15, 0.2) is 24.3 Å². The molecular weight excluding hydrogens is 240 g/mol. The Kier molecular flexibility index (Phi) is 6.96. The van der Waals surface area contributed by atoms with Crippen LogP contribution in [0.1, 0.15) is 18.0 Å². The maximum Gasteiger partial charge on any atom is 0.387 e. The highest BCUT2D eigenvalue weighted by Gasteiger charge is 2.08. The summed E-state index contributed by atoms with van der Waals surface area (Å²) in [4.78, 5) is 0. The summed E-state index contributed by atoms with van der Waals surface area (Å²) in [6.45, 7) is -2.88. The van der Waals surface area contributed by atoms with Gasteiger partial charge < -0.3 is 15.6 Å². The molecule has 0 radical (unpaired) electrons. The first-order valence-electron chi connectivity index (χ1n) is 4.54. The fraction of sp³-hybridized carbons (Fsp3) is 0.400. The lowest BCUT2D eigenvalue weighted by atomic mass is 10.1. The molecule has 0 aliphatic carbocycles. The van der Waals surface area contributed by atoms with Gasteiger partial charge in [-0.1, -0.05) is 12.1 Å². The highest BCUT2D eigenvalue weighted by molar-refractivity contribution is 5.85. The largest absolute Gasteiger partial charge is 0.435 e. The fourth-order valence-electron chi connectivity index (χ4n) is 1.23. The van der Waals surface area contributed by atoms with E-state index in [1.54, 1.807) is 12.1 Å². The molecule has 16 heavy (non-hydrogen) atoms. The van der Waals surface area contributed by atoms with Gasteiger partial charge in [-0.05, 0) is 24.1 Å². The Balaban J connectivity index is 0.00000225. The molecule has 0 unspecified atom stereocenters. The van der Waals surface area contributed by atoms with Gasteiger partial charge in [-0.3, -0.25) is 0 Å². The van der Waals surface area contributed by atoms with Crippen LogP contribution < -0.4 is 10.5 Å². The Morgan fingerprint density at radius 2 is 2.06 bits per heavy atom. The van der Waals surface area contributed by atoms with E-state index in [9.17, 15) is 8.78 Å². The lowest BCUT2D eigenvalue weighted by molar-refractivity contribution is -0.0499. The zero-order chi connectivity index (χ0) is 11.3. The van der Waals surface area contributed by atoms with Gasteiger partial charge in [0.1, 0.15) is 5.75 Å². The van der Waals surface area contributed by atoms with Crippen LogP contribution in [0.2, 0.25) is 0 Å². The van der Waals surface area contributed by atoms with E-state index in [0.29, 0.717) is 12.0 Å². The number of halogens is 3. The van der Waals surface area contributed by atoms with Crippen molar-refractivity contribution in [1.29, 1.82) is 0 Å². The first-order valence-corrected chi connectivity index (χ1v) is 4.54. The molecule has 0 heterocycles. The summed E-state index contributed by atoms with van der Waals surface area (Å²) in [5.41, 5.74) is 6.37. The van der Waals surface area contributed by atoms with Crippen molar-refractivity contribution in [1.82, 2.24) is 0 Å². The number of benzene rings is 1. The van der Waals surface area contributed by atoms with Crippen LogP contribution in [0.4, 0.5) is 8.78 Å². The van der Waals surface area contributed by atoms with E-state index in [1.807, 2.05) is 0 Å². The number of rotatable bonds is 5. The van der Waals surface area contributed by atoms with Gasteiger partial charge in [0.15, 0.2) is 0 Å². The number of aliphatic hydroxyl groups is 1. The standard InChI is InChI=1S/C10H13F2NO2.ClH/c11-10(12)15-8-3-1-2-7(6-8)9(13)4-5-14;/h1-3,6,9-10,14H,4-5,13H2;1H/t9-;/m0./s1. The summed E-state index contributed by atoms with van der Waals surface area (Å²) in [5, 5.41) is 8.68. The van der Waals surface area contributed by atoms with Crippen molar-refractivity contribution in [2.75, 3.05) is 6.61 Å². The first-order chi connectivity index (χ1) is 7.13. The highest BCUT2D eigenvalue weighted by Crippen LogP contribution is 2.20. The van der Waals surface area contributed by atoms with Gasteiger partial charge in [0.2, 0.25) is 0 Å². The van der Waals surface area contributed by atoms with E-state index in [1.165, 1.54) is 12.1 Å². The van der Waals surface area contributed by atoms with Crippen LogP contribution in [0.25, 0.3) is 0 Å². The maximum atomic E-state index is 11.9. The van der Waals surface area contributed by atoms with Crippen molar-refractivity contribution < 1.29 is 18.6 Å². The third-order valence-electron chi connectivity index (χ3n) is 1.95. The molecule has 1 aromatic rings. The first kappa shape index (κ1) is 15.1. The smallest absolute Gasteiger partial charge is 0.387 e. The number of hydrogen-bond acceptors (Lipinski definition) is 3. The van der Waals surface area contributed by atoms with Crippen LogP contribution in [0.5, 0.6) is 5.75 Å². The summed E-state index contributed by atoms with van der Waals surface area (Å²) in [6.07, 6.45) is 0.387. The van der Waals surface area contributed by atoms with Gasteiger partial charge in [-0.15, -0.1) is 12.4 Å². The lowest BCUT2D eigenvalue weighted by Gasteiger charge is -2.12. The molecule has 1 atom stereocenters. The van der Waals surface area contributed by atoms with Crippen molar-refractivity contribution in [2.45, 2.75) is 19.1 Å². The van der Waals surface area contributed by atoms with E-state index >= 15 is 0 Å². The average Bonchev–Trinajstić information content (AvgIpc) is 2.17. The Hall–Kier alpha value is -0.910. The molecular formula is C10H14ClF2NO2. The maximum absolute atomic E-state index is 11.9. The minimum atomic E-state index is -2.84. The average molecular weight is 254 g/mol. The zero-order valence-corrected chi connectivity index (χ0v) is 9.29. The number of ether oxygens (including phenoxy) is 1. The Bertz CT molecular complexity index is 313. The minimum Gasteiger partial charge on any atom is -0.435 e. The van der Waals surface area contributed by atoms with Gasteiger partial charge >= 0.3 is 6.61 Å². The molecule has 0 aliphatic rings. The molecule has 0 amide bonds. The summed E-state index contributed by atoms with van der Waals surface area (Å²) < 4.78 is 28.0. The third kappa shape index (κ3) is 4.74. The summed E-state index contributed by atoms with van der Waals surface area (Å²) in [7, 11) is 0. The normalized spacial score (nSPS) is 12.1. The molecule has 92 valence electrons. The predicted molar refractivity (Wildman–Crippen MR) is 59.0 cm³/mol. The minimum absolute atomic E-state index is 0. The van der Waals surface area contributed by atoms with Gasteiger partial charge in [-0.2, -0.15) is 8.78 Å². The molecule has 0 fully saturated rings. The van der Waals surface area contributed by atoms with Gasteiger partial charge in [0, 0.05) is 12.6 Å². The lowest BCUT2D eigenvalue weighted by Crippen LogP contribution is -2.12. The van der Waals surface area contributed by atoms with Crippen LogP contribution in [-0.4, -0.2) is 18.3 Å². The molecule has 3 N–H and O–H groups in total. The molecule has 0 spiro atoms.